The first-order chi connectivity index (χ1) is 13.8. The summed E-state index contributed by atoms with van der Waals surface area (Å²) in [7, 11) is 0. The Kier molecular flexibility index (Phi) is 6.32. The first-order valence-electron chi connectivity index (χ1n) is 8.90. The molecule has 2 aromatic rings. The van der Waals surface area contributed by atoms with Crippen molar-refractivity contribution in [3.63, 3.8) is 0 Å². The van der Waals surface area contributed by atoms with Crippen molar-refractivity contribution in [3.8, 4) is 0 Å². The first-order valence-corrected chi connectivity index (χ1v) is 9.28. The summed E-state index contributed by atoms with van der Waals surface area (Å²) in [6.07, 6.45) is -4.30. The van der Waals surface area contributed by atoms with E-state index in [1.54, 1.807) is 12.1 Å². The Balaban J connectivity index is 1.65. The molecule has 0 aromatic heterocycles. The second-order valence-electron chi connectivity index (χ2n) is 6.57. The number of halogens is 4. The Hall–Kier alpha value is -2.74. The van der Waals surface area contributed by atoms with Crippen LogP contribution in [0, 0.1) is 0 Å². The Labute approximate surface area is 170 Å². The molecule has 1 heterocycles. The molecule has 0 saturated carbocycles. The molecule has 1 N–H and O–H groups in total. The number of carbonyl (C=O) groups is 2. The number of hydrogen-bond acceptors (Lipinski definition) is 3. The lowest BCUT2D eigenvalue weighted by atomic mass is 10.1. The number of likely N-dealkylation sites (tertiary alicyclic amines) is 1. The second-order valence-corrected chi connectivity index (χ2v) is 6.98. The molecule has 9 heteroatoms. The number of hydrogen-bond donors (Lipinski definition) is 1. The van der Waals surface area contributed by atoms with Crippen LogP contribution in [0.3, 0.4) is 0 Å². The van der Waals surface area contributed by atoms with Gasteiger partial charge in [-0.25, -0.2) is 4.79 Å². The Morgan fingerprint density at radius 1 is 1.17 bits per heavy atom. The van der Waals surface area contributed by atoms with Gasteiger partial charge in [0, 0.05) is 12.2 Å². The van der Waals surface area contributed by atoms with Crippen LogP contribution in [0.15, 0.2) is 48.5 Å². The van der Waals surface area contributed by atoms with E-state index in [4.69, 9.17) is 16.3 Å². The van der Waals surface area contributed by atoms with Crippen LogP contribution in [0.1, 0.15) is 24.0 Å². The van der Waals surface area contributed by atoms with Crippen molar-refractivity contribution in [1.82, 2.24) is 4.90 Å². The molecule has 154 valence electrons. The largest absolute Gasteiger partial charge is 0.445 e. The number of nitrogens with zero attached hydrogens (tertiary/aromatic N) is 1. The van der Waals surface area contributed by atoms with E-state index in [1.165, 1.54) is 11.0 Å². The van der Waals surface area contributed by atoms with Crippen LogP contribution in [0.4, 0.5) is 23.7 Å². The van der Waals surface area contributed by atoms with Gasteiger partial charge in [0.25, 0.3) is 0 Å². The fourth-order valence-electron chi connectivity index (χ4n) is 3.11. The number of rotatable bonds is 4. The van der Waals surface area contributed by atoms with Gasteiger partial charge in [0.1, 0.15) is 12.6 Å². The van der Waals surface area contributed by atoms with Gasteiger partial charge in [-0.15, -0.1) is 0 Å². The van der Waals surface area contributed by atoms with Crippen molar-refractivity contribution in [3.05, 3.63) is 64.7 Å². The predicted octanol–water partition coefficient (Wildman–Crippen LogP) is 5.10. The highest BCUT2D eigenvalue weighted by molar-refractivity contribution is 6.31. The van der Waals surface area contributed by atoms with Crippen LogP contribution in [0.25, 0.3) is 0 Å². The van der Waals surface area contributed by atoms with Gasteiger partial charge in [0.15, 0.2) is 0 Å². The van der Waals surface area contributed by atoms with E-state index < -0.39 is 34.8 Å². The zero-order chi connectivity index (χ0) is 21.0. The van der Waals surface area contributed by atoms with Crippen LogP contribution in [-0.2, 0) is 22.3 Å². The summed E-state index contributed by atoms with van der Waals surface area (Å²) in [6, 6.07) is 11.4. The molecule has 1 saturated heterocycles. The molecule has 1 atom stereocenters. The van der Waals surface area contributed by atoms with Gasteiger partial charge in [-0.2, -0.15) is 13.2 Å². The highest BCUT2D eigenvalue weighted by Crippen LogP contribution is 2.36. The van der Waals surface area contributed by atoms with Gasteiger partial charge in [-0.05, 0) is 36.6 Å². The molecular formula is C20H18ClF3N2O3. The number of anilines is 1. The summed E-state index contributed by atoms with van der Waals surface area (Å²) in [5.74, 6) is -0.574. The summed E-state index contributed by atoms with van der Waals surface area (Å²) >= 11 is 5.59. The minimum atomic E-state index is -4.64. The quantitative estimate of drug-likeness (QED) is 0.740. The zero-order valence-electron chi connectivity index (χ0n) is 15.2. The SMILES string of the molecule is O=C(Nc1ccc(Cl)c(C(F)(F)F)c1)[C@@H]1CCCN1C(=O)OCc1ccccc1. The molecule has 1 aliphatic rings. The Bertz CT molecular complexity index is 890. The number of benzene rings is 2. The summed E-state index contributed by atoms with van der Waals surface area (Å²) in [5, 5.41) is 1.98. The molecule has 1 fully saturated rings. The highest BCUT2D eigenvalue weighted by Gasteiger charge is 2.36. The maximum absolute atomic E-state index is 13.0. The summed E-state index contributed by atoms with van der Waals surface area (Å²) in [6.45, 7) is 0.400. The second kappa shape index (κ2) is 8.73. The maximum Gasteiger partial charge on any atom is 0.417 e. The van der Waals surface area contributed by atoms with Crippen molar-refractivity contribution < 1.29 is 27.5 Å². The molecule has 3 rings (SSSR count). The monoisotopic (exact) mass is 426 g/mol. The topological polar surface area (TPSA) is 58.6 Å². The standard InChI is InChI=1S/C20H18ClF3N2O3/c21-16-9-8-14(11-15(16)20(22,23)24)25-18(27)17-7-4-10-26(17)19(28)29-12-13-5-2-1-3-6-13/h1-3,5-6,8-9,11,17H,4,7,10,12H2,(H,25,27)/t17-/m0/s1. The minimum Gasteiger partial charge on any atom is -0.445 e. The fourth-order valence-corrected chi connectivity index (χ4v) is 3.33. The van der Waals surface area contributed by atoms with Gasteiger partial charge >= 0.3 is 12.3 Å². The normalized spacial score (nSPS) is 16.6. The number of alkyl halides is 3. The van der Waals surface area contributed by atoms with Crippen LogP contribution < -0.4 is 5.32 Å². The van der Waals surface area contributed by atoms with Crippen molar-refractivity contribution in [2.45, 2.75) is 31.7 Å². The highest BCUT2D eigenvalue weighted by atomic mass is 35.5. The first kappa shape index (κ1) is 21.0. The molecule has 29 heavy (non-hydrogen) atoms. The third kappa shape index (κ3) is 5.20. The lowest BCUT2D eigenvalue weighted by Gasteiger charge is -2.23. The molecule has 0 bridgehead atoms. The van der Waals surface area contributed by atoms with Crippen LogP contribution in [-0.4, -0.2) is 29.5 Å². The van der Waals surface area contributed by atoms with E-state index in [2.05, 4.69) is 5.32 Å². The van der Waals surface area contributed by atoms with Crippen molar-refractivity contribution in [2.24, 2.45) is 0 Å². The molecule has 0 radical (unpaired) electrons. The average Bonchev–Trinajstić information content (AvgIpc) is 3.17. The zero-order valence-corrected chi connectivity index (χ0v) is 16.0. The molecule has 0 unspecified atom stereocenters. The number of amides is 2. The molecule has 1 aliphatic heterocycles. The smallest absolute Gasteiger partial charge is 0.417 e. The Morgan fingerprint density at radius 2 is 1.90 bits per heavy atom. The summed E-state index contributed by atoms with van der Waals surface area (Å²) in [5.41, 5.74) is -0.277. The average molecular weight is 427 g/mol. The third-order valence-corrected chi connectivity index (χ3v) is 4.86. The van der Waals surface area contributed by atoms with E-state index >= 15 is 0 Å². The third-order valence-electron chi connectivity index (χ3n) is 4.53. The maximum atomic E-state index is 13.0. The summed E-state index contributed by atoms with van der Waals surface area (Å²) < 4.78 is 44.2. The van der Waals surface area contributed by atoms with E-state index in [0.29, 0.717) is 19.4 Å². The lowest BCUT2D eigenvalue weighted by molar-refractivity contribution is -0.137. The van der Waals surface area contributed by atoms with Gasteiger partial charge in [-0.3, -0.25) is 9.69 Å². The van der Waals surface area contributed by atoms with E-state index in [1.807, 2.05) is 18.2 Å². The number of ether oxygens (including phenoxy) is 1. The lowest BCUT2D eigenvalue weighted by Crippen LogP contribution is -2.43. The van der Waals surface area contributed by atoms with Crippen molar-refractivity contribution >= 4 is 29.3 Å². The minimum absolute atomic E-state index is 0.0452. The molecule has 0 spiro atoms. The van der Waals surface area contributed by atoms with Gasteiger partial charge in [0.05, 0.1) is 10.6 Å². The van der Waals surface area contributed by atoms with E-state index in [9.17, 15) is 22.8 Å². The van der Waals surface area contributed by atoms with Crippen LogP contribution in [0.5, 0.6) is 0 Å². The number of carbonyl (C=O) groups excluding carboxylic acids is 2. The molecule has 2 aromatic carbocycles. The molecule has 5 nitrogen and oxygen atoms in total. The van der Waals surface area contributed by atoms with Gasteiger partial charge < -0.3 is 10.1 Å². The van der Waals surface area contributed by atoms with Crippen LogP contribution >= 0.6 is 11.6 Å². The fraction of sp³-hybridized carbons (Fsp3) is 0.300. The molecular weight excluding hydrogens is 409 g/mol. The summed E-state index contributed by atoms with van der Waals surface area (Å²) in [4.78, 5) is 26.2. The predicted molar refractivity (Wildman–Crippen MR) is 101 cm³/mol. The van der Waals surface area contributed by atoms with Crippen molar-refractivity contribution in [1.29, 1.82) is 0 Å². The van der Waals surface area contributed by atoms with E-state index in [0.717, 1.165) is 17.7 Å². The molecule has 0 aliphatic carbocycles. The Morgan fingerprint density at radius 3 is 2.59 bits per heavy atom. The molecule has 2 amide bonds. The van der Waals surface area contributed by atoms with E-state index in [-0.39, 0.29) is 12.3 Å². The van der Waals surface area contributed by atoms with Gasteiger partial charge in [0.2, 0.25) is 5.91 Å². The van der Waals surface area contributed by atoms with Crippen molar-refractivity contribution in [2.75, 3.05) is 11.9 Å². The number of nitrogens with one attached hydrogen (secondary N) is 1. The van der Waals surface area contributed by atoms with Gasteiger partial charge in [-0.1, -0.05) is 41.9 Å². The van der Waals surface area contributed by atoms with Crippen LogP contribution in [0.2, 0.25) is 5.02 Å².